The van der Waals surface area contributed by atoms with Crippen molar-refractivity contribution < 1.29 is 22.6 Å². The van der Waals surface area contributed by atoms with Crippen LogP contribution >= 0.6 is 0 Å². The molecular weight excluding hydrogens is 428 g/mol. The molecule has 0 amide bonds. The fourth-order valence-electron chi connectivity index (χ4n) is 4.49. The average Bonchev–Trinajstić information content (AvgIpc) is 2.82. The van der Waals surface area contributed by atoms with Crippen molar-refractivity contribution in [3.63, 3.8) is 0 Å². The largest absolute Gasteiger partial charge is 0.497 e. The standard InChI is InChI=1S/C24H26N2O5S/c1-16-4-3-9-26(15-16)24-19-12-21-22(31-11-10-30-21)13-20(19)25-14-23(24)32(27,28)18-7-5-17(29-2)6-8-18/h5-8,12-14,16H,3-4,9-11,15H2,1-2H3. The highest BCUT2D eigenvalue weighted by atomic mass is 32.2. The lowest BCUT2D eigenvalue weighted by atomic mass is 9.99. The molecule has 0 N–H and O–H groups in total. The van der Waals surface area contributed by atoms with Gasteiger partial charge in [0, 0.05) is 30.7 Å². The molecule has 0 saturated carbocycles. The zero-order chi connectivity index (χ0) is 22.3. The number of anilines is 1. The number of sulfone groups is 1. The Morgan fingerprint density at radius 2 is 1.81 bits per heavy atom. The first kappa shape index (κ1) is 20.9. The number of nitrogens with zero attached hydrogens (tertiary/aromatic N) is 2. The van der Waals surface area contributed by atoms with E-state index in [4.69, 9.17) is 14.2 Å². The third-order valence-corrected chi connectivity index (χ3v) is 7.87. The average molecular weight is 455 g/mol. The molecule has 2 aliphatic rings. The number of fused-ring (bicyclic) bond motifs is 2. The van der Waals surface area contributed by atoms with Crippen molar-refractivity contribution in [1.82, 2.24) is 4.98 Å². The first-order valence-electron chi connectivity index (χ1n) is 10.8. The molecule has 32 heavy (non-hydrogen) atoms. The lowest BCUT2D eigenvalue weighted by Gasteiger charge is -2.35. The Labute approximate surface area is 187 Å². The van der Waals surface area contributed by atoms with Crippen LogP contribution in [0.4, 0.5) is 5.69 Å². The van der Waals surface area contributed by atoms with Gasteiger partial charge >= 0.3 is 0 Å². The van der Waals surface area contributed by atoms with Gasteiger partial charge in [-0.2, -0.15) is 0 Å². The summed E-state index contributed by atoms with van der Waals surface area (Å²) in [5, 5.41) is 0.762. The Balaban J connectivity index is 1.73. The fourth-order valence-corrected chi connectivity index (χ4v) is 5.93. The Morgan fingerprint density at radius 3 is 2.50 bits per heavy atom. The summed E-state index contributed by atoms with van der Waals surface area (Å²) in [4.78, 5) is 7.13. The second kappa shape index (κ2) is 8.16. The van der Waals surface area contributed by atoms with E-state index in [1.54, 1.807) is 31.4 Å². The maximum absolute atomic E-state index is 13.7. The summed E-state index contributed by atoms with van der Waals surface area (Å²) in [7, 11) is -2.25. The van der Waals surface area contributed by atoms with Crippen molar-refractivity contribution >= 4 is 26.4 Å². The maximum Gasteiger partial charge on any atom is 0.210 e. The molecule has 8 heteroatoms. The summed E-state index contributed by atoms with van der Waals surface area (Å²) in [6.45, 7) is 4.73. The smallest absolute Gasteiger partial charge is 0.210 e. The van der Waals surface area contributed by atoms with Crippen LogP contribution in [0.1, 0.15) is 19.8 Å². The highest BCUT2D eigenvalue weighted by Crippen LogP contribution is 2.42. The second-order valence-corrected chi connectivity index (χ2v) is 10.3. The van der Waals surface area contributed by atoms with Gasteiger partial charge in [0.1, 0.15) is 23.9 Å². The predicted octanol–water partition coefficient (Wildman–Crippen LogP) is 4.08. The molecular formula is C24H26N2O5S. The number of methoxy groups -OCH3 is 1. The van der Waals surface area contributed by atoms with Crippen LogP contribution in [0.15, 0.2) is 52.4 Å². The zero-order valence-electron chi connectivity index (χ0n) is 18.2. The van der Waals surface area contributed by atoms with Crippen LogP contribution in [-0.4, -0.2) is 46.8 Å². The highest BCUT2D eigenvalue weighted by Gasteiger charge is 2.30. The van der Waals surface area contributed by atoms with Gasteiger partial charge in [0.2, 0.25) is 9.84 Å². The monoisotopic (exact) mass is 454 g/mol. The zero-order valence-corrected chi connectivity index (χ0v) is 19.0. The number of pyridine rings is 1. The summed E-state index contributed by atoms with van der Waals surface area (Å²) >= 11 is 0. The molecule has 2 aromatic carbocycles. The summed E-state index contributed by atoms with van der Waals surface area (Å²) in [5.41, 5.74) is 1.38. The molecule has 1 aromatic heterocycles. The number of rotatable bonds is 4. The predicted molar refractivity (Wildman–Crippen MR) is 122 cm³/mol. The Bertz CT molecular complexity index is 1260. The van der Waals surface area contributed by atoms with Gasteiger partial charge in [-0.1, -0.05) is 6.92 Å². The number of hydrogen-bond donors (Lipinski definition) is 0. The topological polar surface area (TPSA) is 78.0 Å². The van der Waals surface area contributed by atoms with E-state index >= 15 is 0 Å². The molecule has 7 nitrogen and oxygen atoms in total. The van der Waals surface area contributed by atoms with Crippen molar-refractivity contribution in [2.24, 2.45) is 5.92 Å². The van der Waals surface area contributed by atoms with E-state index in [0.717, 1.165) is 31.3 Å². The van der Waals surface area contributed by atoms with Crippen LogP contribution < -0.4 is 19.1 Å². The van der Waals surface area contributed by atoms with Crippen LogP contribution in [0.3, 0.4) is 0 Å². The molecule has 0 spiro atoms. The molecule has 2 aliphatic heterocycles. The number of benzene rings is 2. The van der Waals surface area contributed by atoms with Gasteiger partial charge in [-0.25, -0.2) is 8.42 Å². The Kier molecular flexibility index (Phi) is 5.33. The lowest BCUT2D eigenvalue weighted by Crippen LogP contribution is -2.35. The molecule has 1 saturated heterocycles. The highest BCUT2D eigenvalue weighted by molar-refractivity contribution is 7.91. The molecule has 5 rings (SSSR count). The molecule has 0 bridgehead atoms. The quantitative estimate of drug-likeness (QED) is 0.588. The van der Waals surface area contributed by atoms with Crippen molar-refractivity contribution in [2.75, 3.05) is 38.3 Å². The van der Waals surface area contributed by atoms with E-state index in [9.17, 15) is 8.42 Å². The summed E-state index contributed by atoms with van der Waals surface area (Å²) in [6.07, 6.45) is 3.62. The van der Waals surface area contributed by atoms with Gasteiger partial charge in [0.15, 0.2) is 11.5 Å². The van der Waals surface area contributed by atoms with E-state index in [0.29, 0.717) is 47.6 Å². The van der Waals surface area contributed by atoms with Crippen molar-refractivity contribution in [3.05, 3.63) is 42.6 Å². The number of piperidine rings is 1. The second-order valence-electron chi connectivity index (χ2n) is 8.36. The molecule has 3 aromatic rings. The van der Waals surface area contributed by atoms with Crippen LogP contribution in [0, 0.1) is 5.92 Å². The minimum Gasteiger partial charge on any atom is -0.497 e. The van der Waals surface area contributed by atoms with Gasteiger partial charge in [-0.3, -0.25) is 4.98 Å². The minimum absolute atomic E-state index is 0.209. The molecule has 1 atom stereocenters. The molecule has 168 valence electrons. The van der Waals surface area contributed by atoms with Gasteiger partial charge in [-0.15, -0.1) is 0 Å². The number of aromatic nitrogens is 1. The van der Waals surface area contributed by atoms with Crippen LogP contribution in [0.2, 0.25) is 0 Å². The number of hydrogen-bond acceptors (Lipinski definition) is 7. The Morgan fingerprint density at radius 1 is 1.09 bits per heavy atom. The first-order valence-corrected chi connectivity index (χ1v) is 12.3. The molecule has 0 radical (unpaired) electrons. The van der Waals surface area contributed by atoms with Crippen molar-refractivity contribution in [2.45, 2.75) is 29.6 Å². The normalized spacial score (nSPS) is 18.6. The molecule has 3 heterocycles. The third kappa shape index (κ3) is 3.62. The lowest BCUT2D eigenvalue weighted by molar-refractivity contribution is 0.172. The van der Waals surface area contributed by atoms with Crippen molar-refractivity contribution in [3.8, 4) is 17.2 Å². The van der Waals surface area contributed by atoms with E-state index < -0.39 is 9.84 Å². The first-order chi connectivity index (χ1) is 15.5. The van der Waals surface area contributed by atoms with E-state index in [-0.39, 0.29) is 9.79 Å². The van der Waals surface area contributed by atoms with Crippen molar-refractivity contribution in [1.29, 1.82) is 0 Å². The summed E-state index contributed by atoms with van der Waals surface area (Å²) in [6, 6.07) is 10.2. The summed E-state index contributed by atoms with van der Waals surface area (Å²) in [5.74, 6) is 2.34. The molecule has 1 unspecified atom stereocenters. The third-order valence-electron chi connectivity index (χ3n) is 6.10. The van der Waals surface area contributed by atoms with E-state index in [1.165, 1.54) is 6.20 Å². The van der Waals surface area contributed by atoms with Gasteiger partial charge in [0.25, 0.3) is 0 Å². The van der Waals surface area contributed by atoms with Gasteiger partial charge in [-0.05, 0) is 49.1 Å². The van der Waals surface area contributed by atoms with Gasteiger partial charge in [0.05, 0.1) is 23.2 Å². The molecule has 1 fully saturated rings. The number of ether oxygens (including phenoxy) is 3. The van der Waals surface area contributed by atoms with Crippen LogP contribution in [0.25, 0.3) is 10.9 Å². The minimum atomic E-state index is -3.81. The maximum atomic E-state index is 13.7. The van der Waals surface area contributed by atoms with E-state index in [2.05, 4.69) is 16.8 Å². The van der Waals surface area contributed by atoms with E-state index in [1.807, 2.05) is 12.1 Å². The SMILES string of the molecule is COc1ccc(S(=O)(=O)c2cnc3cc4c(cc3c2N2CCCC(C)C2)OCCO4)cc1. The van der Waals surface area contributed by atoms with Crippen LogP contribution in [0.5, 0.6) is 17.2 Å². The Hall–Kier alpha value is -3.00. The van der Waals surface area contributed by atoms with Crippen LogP contribution in [-0.2, 0) is 9.84 Å². The summed E-state index contributed by atoms with van der Waals surface area (Å²) < 4.78 is 44.2. The molecule has 0 aliphatic carbocycles. The van der Waals surface area contributed by atoms with Gasteiger partial charge < -0.3 is 19.1 Å². The fraction of sp³-hybridized carbons (Fsp3) is 0.375.